The molecule has 1 N–H and O–H groups in total. The smallest absolute Gasteiger partial charge is 0.0542 e. The Labute approximate surface area is 82.5 Å². The van der Waals surface area contributed by atoms with Crippen LogP contribution in [0.2, 0.25) is 0 Å². The summed E-state index contributed by atoms with van der Waals surface area (Å²) in [4.78, 5) is 0. The van der Waals surface area contributed by atoms with Gasteiger partial charge in [-0.3, -0.25) is 0 Å². The highest BCUT2D eigenvalue weighted by atomic mass is 16.3. The summed E-state index contributed by atoms with van der Waals surface area (Å²) in [5, 5.41) is 9.67. The van der Waals surface area contributed by atoms with Gasteiger partial charge in [0.1, 0.15) is 0 Å². The average molecular weight is 184 g/mol. The molecule has 1 heteroatoms. The third-order valence-corrected chi connectivity index (χ3v) is 3.36. The summed E-state index contributed by atoms with van der Waals surface area (Å²) < 4.78 is 0. The number of rotatable bonds is 4. The quantitative estimate of drug-likeness (QED) is 0.710. The van der Waals surface area contributed by atoms with Gasteiger partial charge in [0.05, 0.1) is 6.10 Å². The van der Waals surface area contributed by atoms with Crippen LogP contribution in [0.5, 0.6) is 0 Å². The van der Waals surface area contributed by atoms with Crippen molar-refractivity contribution in [1.82, 2.24) is 0 Å². The van der Waals surface area contributed by atoms with E-state index in [2.05, 4.69) is 13.8 Å². The lowest BCUT2D eigenvalue weighted by Gasteiger charge is -2.27. The van der Waals surface area contributed by atoms with Crippen LogP contribution in [0.4, 0.5) is 0 Å². The zero-order chi connectivity index (χ0) is 9.68. The van der Waals surface area contributed by atoms with Gasteiger partial charge in [0.15, 0.2) is 0 Å². The van der Waals surface area contributed by atoms with Crippen molar-refractivity contribution in [2.75, 3.05) is 0 Å². The van der Waals surface area contributed by atoms with Gasteiger partial charge in [0, 0.05) is 0 Å². The van der Waals surface area contributed by atoms with Crippen molar-refractivity contribution in [3.8, 4) is 0 Å². The lowest BCUT2D eigenvalue weighted by molar-refractivity contribution is 0.115. The van der Waals surface area contributed by atoms with E-state index in [1.165, 1.54) is 25.7 Å². The van der Waals surface area contributed by atoms with Crippen LogP contribution in [-0.2, 0) is 0 Å². The minimum Gasteiger partial charge on any atom is -0.393 e. The van der Waals surface area contributed by atoms with E-state index in [1.54, 1.807) is 0 Å². The van der Waals surface area contributed by atoms with Crippen molar-refractivity contribution in [3.05, 3.63) is 0 Å². The molecule has 13 heavy (non-hydrogen) atoms. The van der Waals surface area contributed by atoms with Crippen LogP contribution in [0, 0.1) is 11.8 Å². The van der Waals surface area contributed by atoms with Gasteiger partial charge >= 0.3 is 0 Å². The van der Waals surface area contributed by atoms with Crippen molar-refractivity contribution in [2.45, 2.75) is 64.9 Å². The van der Waals surface area contributed by atoms with Gasteiger partial charge in [-0.2, -0.15) is 0 Å². The molecule has 0 radical (unpaired) electrons. The molecular formula is C12H24O. The molecule has 0 heterocycles. The molecule has 0 bridgehead atoms. The van der Waals surface area contributed by atoms with Crippen LogP contribution in [-0.4, -0.2) is 11.2 Å². The maximum Gasteiger partial charge on any atom is 0.0542 e. The van der Waals surface area contributed by atoms with Gasteiger partial charge in [0.25, 0.3) is 0 Å². The Bertz CT molecular complexity index is 125. The first-order chi connectivity index (χ1) is 6.22. The summed E-state index contributed by atoms with van der Waals surface area (Å²) in [5.41, 5.74) is 0. The van der Waals surface area contributed by atoms with Crippen LogP contribution < -0.4 is 0 Å². The summed E-state index contributed by atoms with van der Waals surface area (Å²) in [6.07, 6.45) is 8.59. The molecule has 0 amide bonds. The topological polar surface area (TPSA) is 20.2 Å². The highest BCUT2D eigenvalue weighted by Crippen LogP contribution is 2.31. The van der Waals surface area contributed by atoms with Crippen molar-refractivity contribution < 1.29 is 5.11 Å². The van der Waals surface area contributed by atoms with Crippen molar-refractivity contribution in [1.29, 1.82) is 0 Å². The molecule has 1 unspecified atom stereocenters. The first-order valence-electron chi connectivity index (χ1n) is 5.90. The maximum absolute atomic E-state index is 9.67. The second-order valence-corrected chi connectivity index (χ2v) is 4.80. The SMILES string of the molecule is CCCC(O)CC1CCC(C)CC1. The van der Waals surface area contributed by atoms with E-state index in [0.717, 1.165) is 31.1 Å². The summed E-state index contributed by atoms with van der Waals surface area (Å²) in [7, 11) is 0. The Morgan fingerprint density at radius 2 is 1.85 bits per heavy atom. The van der Waals surface area contributed by atoms with E-state index in [9.17, 15) is 5.11 Å². The lowest BCUT2D eigenvalue weighted by Crippen LogP contribution is -2.18. The van der Waals surface area contributed by atoms with Crippen LogP contribution >= 0.6 is 0 Å². The molecule has 1 aliphatic carbocycles. The number of aliphatic hydroxyl groups is 1. The fourth-order valence-electron chi connectivity index (χ4n) is 2.40. The van der Waals surface area contributed by atoms with Crippen molar-refractivity contribution >= 4 is 0 Å². The first kappa shape index (κ1) is 11.0. The predicted octanol–water partition coefficient (Wildman–Crippen LogP) is 3.36. The Hall–Kier alpha value is -0.0400. The molecule has 0 saturated heterocycles. The molecule has 0 spiro atoms. The fourth-order valence-corrected chi connectivity index (χ4v) is 2.40. The molecule has 1 fully saturated rings. The second kappa shape index (κ2) is 5.64. The summed E-state index contributed by atoms with van der Waals surface area (Å²) >= 11 is 0. The predicted molar refractivity (Wildman–Crippen MR) is 56.7 cm³/mol. The van der Waals surface area contributed by atoms with E-state index in [0.29, 0.717) is 0 Å². The zero-order valence-corrected chi connectivity index (χ0v) is 9.13. The molecule has 1 aliphatic rings. The Morgan fingerprint density at radius 3 is 2.38 bits per heavy atom. The Morgan fingerprint density at radius 1 is 1.23 bits per heavy atom. The van der Waals surface area contributed by atoms with E-state index >= 15 is 0 Å². The van der Waals surface area contributed by atoms with Gasteiger partial charge in [-0.1, -0.05) is 46.0 Å². The molecule has 1 atom stereocenters. The molecule has 1 nitrogen and oxygen atoms in total. The van der Waals surface area contributed by atoms with E-state index in [4.69, 9.17) is 0 Å². The number of hydrogen-bond acceptors (Lipinski definition) is 1. The number of aliphatic hydroxyl groups excluding tert-OH is 1. The fraction of sp³-hybridized carbons (Fsp3) is 1.00. The molecule has 0 aromatic heterocycles. The molecule has 0 aliphatic heterocycles. The van der Waals surface area contributed by atoms with Gasteiger partial charge in [0.2, 0.25) is 0 Å². The standard InChI is InChI=1S/C12H24O/c1-3-4-12(13)9-11-7-5-10(2)6-8-11/h10-13H,3-9H2,1-2H3. The van der Waals surface area contributed by atoms with Crippen LogP contribution in [0.25, 0.3) is 0 Å². The average Bonchev–Trinajstić information content (AvgIpc) is 2.09. The second-order valence-electron chi connectivity index (χ2n) is 4.80. The van der Waals surface area contributed by atoms with Crippen molar-refractivity contribution in [3.63, 3.8) is 0 Å². The van der Waals surface area contributed by atoms with Crippen LogP contribution in [0.1, 0.15) is 58.8 Å². The zero-order valence-electron chi connectivity index (χ0n) is 9.13. The third-order valence-electron chi connectivity index (χ3n) is 3.36. The summed E-state index contributed by atoms with van der Waals surface area (Å²) in [6.45, 7) is 4.49. The summed E-state index contributed by atoms with van der Waals surface area (Å²) in [5.74, 6) is 1.75. The monoisotopic (exact) mass is 184 g/mol. The highest BCUT2D eigenvalue weighted by molar-refractivity contribution is 4.72. The first-order valence-corrected chi connectivity index (χ1v) is 5.90. The van der Waals surface area contributed by atoms with Crippen molar-refractivity contribution in [2.24, 2.45) is 11.8 Å². The van der Waals surface area contributed by atoms with E-state index < -0.39 is 0 Å². The van der Waals surface area contributed by atoms with Gasteiger partial charge in [-0.15, -0.1) is 0 Å². The van der Waals surface area contributed by atoms with Gasteiger partial charge in [-0.05, 0) is 24.7 Å². The highest BCUT2D eigenvalue weighted by Gasteiger charge is 2.20. The minimum absolute atomic E-state index is 0.0246. The van der Waals surface area contributed by atoms with Gasteiger partial charge < -0.3 is 5.11 Å². The third kappa shape index (κ3) is 4.12. The van der Waals surface area contributed by atoms with E-state index in [1.807, 2.05) is 0 Å². The Kier molecular flexibility index (Phi) is 4.79. The maximum atomic E-state index is 9.67. The summed E-state index contributed by atoms with van der Waals surface area (Å²) in [6, 6.07) is 0. The molecule has 0 aromatic rings. The van der Waals surface area contributed by atoms with Gasteiger partial charge in [-0.25, -0.2) is 0 Å². The van der Waals surface area contributed by atoms with Crippen LogP contribution in [0.15, 0.2) is 0 Å². The lowest BCUT2D eigenvalue weighted by atomic mass is 9.80. The number of hydrogen-bond donors (Lipinski definition) is 1. The molecule has 0 aromatic carbocycles. The molecule has 1 saturated carbocycles. The minimum atomic E-state index is -0.0246. The molecular weight excluding hydrogens is 160 g/mol. The normalized spacial score (nSPS) is 31.6. The van der Waals surface area contributed by atoms with Crippen LogP contribution in [0.3, 0.4) is 0 Å². The molecule has 78 valence electrons. The largest absolute Gasteiger partial charge is 0.393 e. The molecule has 1 rings (SSSR count). The Balaban J connectivity index is 2.14. The van der Waals surface area contributed by atoms with E-state index in [-0.39, 0.29) is 6.10 Å².